The van der Waals surface area contributed by atoms with Gasteiger partial charge in [0.05, 0.1) is 25.7 Å². The van der Waals surface area contributed by atoms with E-state index in [0.717, 1.165) is 213 Å². The van der Waals surface area contributed by atoms with Crippen LogP contribution in [0.2, 0.25) is 0 Å². The van der Waals surface area contributed by atoms with E-state index in [0.29, 0.717) is 37.8 Å². The molecule has 6 atom stereocenters. The fourth-order valence-electron chi connectivity index (χ4n) is 15.4. The number of carbonyl (C=O) groups is 4. The standard InChI is InChI=1S/C83H140N4O10S/c1-60(2)24-17-26-62(5)28-19-30-64(7)32-21-40-82(15)42-38-72-70(13)78(66(9)68(11)80(72)96-82)94-76(90)36-34-74(88)92-56-53-85-47-45-84(46-48-85)44-23-58-98-59-55-87-51-49-86(50-52-87)54-57-93-75(89)35-37-77(91)95-79-67(10)69(12)81-73(71(79)14)39-43-83(16,97-81)41-22-33-65(8)31-20-29-63(6)27-18-25-61(3)4/h60-65H,17-59H2,1-16H3. The first-order valence-electron chi connectivity index (χ1n) is 39.5. The third-order valence-corrected chi connectivity index (χ3v) is 23.8. The number of esters is 4. The van der Waals surface area contributed by atoms with Gasteiger partial charge in [0.2, 0.25) is 0 Å². The average Bonchev–Trinajstić information content (AvgIpc) is 0.767. The minimum absolute atomic E-state index is 0.00158. The molecular formula is C83H140N4O10S. The Hall–Kier alpha value is -3.89. The van der Waals surface area contributed by atoms with E-state index >= 15 is 0 Å². The lowest BCUT2D eigenvalue weighted by molar-refractivity contribution is -0.147. The quantitative estimate of drug-likeness (QED) is 0.0353. The van der Waals surface area contributed by atoms with Crippen LogP contribution < -0.4 is 18.9 Å². The van der Waals surface area contributed by atoms with Gasteiger partial charge < -0.3 is 33.3 Å². The Bertz CT molecular complexity index is 2570. The van der Waals surface area contributed by atoms with Crippen molar-refractivity contribution in [3.05, 3.63) is 44.5 Å². The van der Waals surface area contributed by atoms with Crippen LogP contribution in [0.5, 0.6) is 23.0 Å². The molecule has 14 nitrogen and oxygen atoms in total. The topological polar surface area (TPSA) is 137 Å². The average molecular weight is 1390 g/mol. The molecule has 6 unspecified atom stereocenters. The van der Waals surface area contributed by atoms with Crippen LogP contribution in [0.4, 0.5) is 0 Å². The van der Waals surface area contributed by atoms with Gasteiger partial charge >= 0.3 is 23.9 Å². The summed E-state index contributed by atoms with van der Waals surface area (Å²) in [5.41, 5.74) is 7.67. The molecular weight excluding hydrogens is 1240 g/mol. The van der Waals surface area contributed by atoms with E-state index in [9.17, 15) is 19.2 Å². The third kappa shape index (κ3) is 28.7. The van der Waals surface area contributed by atoms with Crippen LogP contribution in [-0.4, -0.2) is 158 Å². The zero-order valence-corrected chi connectivity index (χ0v) is 66.0. The van der Waals surface area contributed by atoms with Crippen LogP contribution in [0.3, 0.4) is 0 Å². The molecule has 0 amide bonds. The fraction of sp³-hybridized carbons (Fsp3) is 0.807. The first-order chi connectivity index (χ1) is 46.7. The zero-order chi connectivity index (χ0) is 71.4. The summed E-state index contributed by atoms with van der Waals surface area (Å²) in [6, 6.07) is 0. The number of ether oxygens (including phenoxy) is 6. The van der Waals surface area contributed by atoms with Crippen molar-refractivity contribution in [1.82, 2.24) is 19.6 Å². The van der Waals surface area contributed by atoms with Gasteiger partial charge in [0, 0.05) is 88.9 Å². The first kappa shape index (κ1) is 83.1. The largest absolute Gasteiger partial charge is 0.487 e. The van der Waals surface area contributed by atoms with Crippen molar-refractivity contribution in [3.63, 3.8) is 0 Å². The lowest BCUT2D eigenvalue weighted by Gasteiger charge is -2.38. The Balaban J connectivity index is 0.740. The van der Waals surface area contributed by atoms with E-state index in [2.05, 4.69) is 103 Å². The van der Waals surface area contributed by atoms with Crippen molar-refractivity contribution in [2.75, 3.05) is 103 Å². The molecule has 4 aliphatic heterocycles. The van der Waals surface area contributed by atoms with Gasteiger partial charge in [-0.1, -0.05) is 145 Å². The van der Waals surface area contributed by atoms with Crippen LogP contribution in [0.1, 0.15) is 274 Å². The van der Waals surface area contributed by atoms with Crippen LogP contribution in [0.25, 0.3) is 0 Å². The summed E-state index contributed by atoms with van der Waals surface area (Å²) in [7, 11) is 0. The van der Waals surface area contributed by atoms with Crippen molar-refractivity contribution in [2.45, 2.75) is 295 Å². The molecule has 2 saturated heterocycles. The second-order valence-electron chi connectivity index (χ2n) is 32.6. The number of benzene rings is 2. The molecule has 0 saturated carbocycles. The molecule has 0 aromatic heterocycles. The minimum Gasteiger partial charge on any atom is -0.487 e. The maximum Gasteiger partial charge on any atom is 0.311 e. The molecule has 2 fully saturated rings. The monoisotopic (exact) mass is 1390 g/mol. The lowest BCUT2D eigenvalue weighted by Crippen LogP contribution is -2.48. The van der Waals surface area contributed by atoms with Crippen molar-refractivity contribution < 1.29 is 47.6 Å². The molecule has 0 aliphatic carbocycles. The molecule has 558 valence electrons. The van der Waals surface area contributed by atoms with E-state index in [1.165, 1.54) is 103 Å². The minimum atomic E-state index is -0.414. The summed E-state index contributed by atoms with van der Waals surface area (Å²) in [6.07, 6.45) is 27.8. The molecule has 6 rings (SSSR count). The van der Waals surface area contributed by atoms with Crippen molar-refractivity contribution in [2.24, 2.45) is 35.5 Å². The van der Waals surface area contributed by atoms with Crippen LogP contribution >= 0.6 is 11.8 Å². The fourth-order valence-corrected chi connectivity index (χ4v) is 16.4. The number of thioether (sulfide) groups is 1. The van der Waals surface area contributed by atoms with Gasteiger partial charge in [0.1, 0.15) is 47.4 Å². The normalized spacial score (nSPS) is 19.9. The van der Waals surface area contributed by atoms with Gasteiger partial charge in [-0.05, 0) is 194 Å². The van der Waals surface area contributed by atoms with Gasteiger partial charge in [0.25, 0.3) is 0 Å². The van der Waals surface area contributed by atoms with Crippen molar-refractivity contribution in [3.8, 4) is 23.0 Å². The lowest BCUT2D eigenvalue weighted by atomic mass is 9.83. The van der Waals surface area contributed by atoms with Gasteiger partial charge in [-0.25, -0.2) is 0 Å². The Morgan fingerprint density at radius 2 is 0.724 bits per heavy atom. The highest BCUT2D eigenvalue weighted by molar-refractivity contribution is 7.99. The van der Waals surface area contributed by atoms with Crippen LogP contribution in [0.15, 0.2) is 0 Å². The summed E-state index contributed by atoms with van der Waals surface area (Å²) < 4.78 is 36.9. The van der Waals surface area contributed by atoms with Gasteiger partial charge in [-0.15, -0.1) is 0 Å². The van der Waals surface area contributed by atoms with E-state index < -0.39 is 11.9 Å². The predicted octanol–water partition coefficient (Wildman–Crippen LogP) is 18.1. The molecule has 4 aliphatic rings. The molecule has 0 bridgehead atoms. The number of carbonyl (C=O) groups excluding carboxylic acids is 4. The van der Waals surface area contributed by atoms with Crippen molar-refractivity contribution in [1.29, 1.82) is 0 Å². The molecule has 15 heteroatoms. The summed E-state index contributed by atoms with van der Waals surface area (Å²) in [4.78, 5) is 61.7. The molecule has 0 spiro atoms. The Morgan fingerprint density at radius 1 is 0.398 bits per heavy atom. The first-order valence-corrected chi connectivity index (χ1v) is 40.7. The maximum atomic E-state index is 13.2. The van der Waals surface area contributed by atoms with E-state index in [4.69, 9.17) is 28.4 Å². The smallest absolute Gasteiger partial charge is 0.311 e. The number of nitrogens with zero attached hydrogens (tertiary/aromatic N) is 4. The molecule has 4 heterocycles. The zero-order valence-electron chi connectivity index (χ0n) is 65.1. The predicted molar refractivity (Wildman–Crippen MR) is 405 cm³/mol. The Labute approximate surface area is 601 Å². The Kier molecular flexibility index (Phi) is 36.1. The highest BCUT2D eigenvalue weighted by Gasteiger charge is 2.37. The number of hydrogen-bond acceptors (Lipinski definition) is 15. The van der Waals surface area contributed by atoms with Gasteiger partial charge in [0.15, 0.2) is 0 Å². The highest BCUT2D eigenvalue weighted by atomic mass is 32.2. The summed E-state index contributed by atoms with van der Waals surface area (Å²) >= 11 is 2.04. The molecule has 2 aromatic carbocycles. The number of piperazine rings is 2. The van der Waals surface area contributed by atoms with Crippen LogP contribution in [0, 0.1) is 77.0 Å². The van der Waals surface area contributed by atoms with E-state index in [1.807, 2.05) is 39.5 Å². The second kappa shape index (κ2) is 42.6. The molecule has 0 N–H and O–H groups in total. The number of hydrogen-bond donors (Lipinski definition) is 0. The van der Waals surface area contributed by atoms with E-state index in [1.54, 1.807) is 0 Å². The van der Waals surface area contributed by atoms with E-state index in [-0.39, 0.29) is 48.8 Å². The van der Waals surface area contributed by atoms with Crippen molar-refractivity contribution >= 4 is 35.6 Å². The second-order valence-corrected chi connectivity index (χ2v) is 33.8. The molecule has 2 aromatic rings. The Morgan fingerprint density at radius 3 is 1.09 bits per heavy atom. The number of fused-ring (bicyclic) bond motifs is 2. The highest BCUT2D eigenvalue weighted by Crippen LogP contribution is 2.47. The van der Waals surface area contributed by atoms with Crippen LogP contribution in [-0.2, 0) is 41.5 Å². The summed E-state index contributed by atoms with van der Waals surface area (Å²) in [5.74, 6) is 8.57. The molecule has 98 heavy (non-hydrogen) atoms. The number of rotatable bonds is 45. The maximum absolute atomic E-state index is 13.2. The summed E-state index contributed by atoms with van der Waals surface area (Å²) in [5, 5.41) is 0. The summed E-state index contributed by atoms with van der Waals surface area (Å²) in [6.45, 7) is 47.8. The third-order valence-electron chi connectivity index (χ3n) is 22.8. The van der Waals surface area contributed by atoms with Gasteiger partial charge in [-0.3, -0.25) is 33.9 Å². The SMILES string of the molecule is Cc1c(C)c2c(c(C)c1OC(=O)CCC(=O)OCCN1CCN(CCCSCCN3CCN(CCOC(=O)CCC(=O)Oc4c(C)c(C)c5c(c4C)CCC(C)(CCCC(C)CCCC(C)CCCC(C)C)O5)CC3)CC1)CCC(C)(CCCC(C)CCCC(C)CCCC(C)C)O2. The van der Waals surface area contributed by atoms with Gasteiger partial charge in [-0.2, -0.15) is 11.8 Å². The molecule has 0 radical (unpaired) electrons.